The number of carbonyl (C=O) groups is 1. The molecule has 0 aliphatic carbocycles. The van der Waals surface area contributed by atoms with Gasteiger partial charge in [0.25, 0.3) is 0 Å². The molecule has 2 aromatic rings. The van der Waals surface area contributed by atoms with Gasteiger partial charge in [0.15, 0.2) is 12.1 Å². The number of hydrogen-bond donors (Lipinski definition) is 2. The molecule has 1 aromatic carbocycles. The van der Waals surface area contributed by atoms with Gasteiger partial charge in [-0.2, -0.15) is 5.10 Å². The van der Waals surface area contributed by atoms with E-state index >= 15 is 0 Å². The summed E-state index contributed by atoms with van der Waals surface area (Å²) in [5, 5.41) is 7.12. The monoisotopic (exact) mass is 221 g/mol. The first kappa shape index (κ1) is 9.73. The topological polar surface area (TPSA) is 71.8 Å². The molecular weight excluding hydrogens is 214 g/mol. The van der Waals surface area contributed by atoms with Gasteiger partial charge in [-0.1, -0.05) is 23.7 Å². The predicted molar refractivity (Wildman–Crippen MR) is 58.8 cm³/mol. The maximum atomic E-state index is 10.8. The zero-order valence-corrected chi connectivity index (χ0v) is 8.45. The van der Waals surface area contributed by atoms with Crippen LogP contribution in [0.4, 0.5) is 5.82 Å². The number of nitrogens with one attached hydrogen (secondary N) is 1. The van der Waals surface area contributed by atoms with Crippen LogP contribution in [0.5, 0.6) is 0 Å². The molecule has 0 fully saturated rings. The summed E-state index contributed by atoms with van der Waals surface area (Å²) in [5.41, 5.74) is 7.33. The zero-order valence-electron chi connectivity index (χ0n) is 7.70. The van der Waals surface area contributed by atoms with Gasteiger partial charge in [-0.15, -0.1) is 0 Å². The van der Waals surface area contributed by atoms with Crippen molar-refractivity contribution in [3.63, 3.8) is 0 Å². The summed E-state index contributed by atoms with van der Waals surface area (Å²) in [5.74, 6) is 0.204. The summed E-state index contributed by atoms with van der Waals surface area (Å²) in [6, 6.07) is 7.07. The van der Waals surface area contributed by atoms with Crippen LogP contribution in [0.1, 0.15) is 10.4 Å². The number of H-pyrrole nitrogens is 1. The Morgan fingerprint density at radius 1 is 1.33 bits per heavy atom. The van der Waals surface area contributed by atoms with E-state index in [0.29, 0.717) is 22.6 Å². The maximum Gasteiger partial charge on any atom is 0.156 e. The summed E-state index contributed by atoms with van der Waals surface area (Å²) in [7, 11) is 0. The molecule has 2 rings (SSSR count). The van der Waals surface area contributed by atoms with Crippen LogP contribution in [-0.4, -0.2) is 16.5 Å². The van der Waals surface area contributed by atoms with Crippen LogP contribution in [0.2, 0.25) is 5.02 Å². The molecule has 0 bridgehead atoms. The Balaban J connectivity index is 2.53. The van der Waals surface area contributed by atoms with Gasteiger partial charge in [-0.25, -0.2) is 0 Å². The van der Waals surface area contributed by atoms with Gasteiger partial charge >= 0.3 is 0 Å². The second-order valence-corrected chi connectivity index (χ2v) is 3.46. The molecule has 1 heterocycles. The van der Waals surface area contributed by atoms with E-state index in [1.165, 1.54) is 0 Å². The van der Waals surface area contributed by atoms with Crippen molar-refractivity contribution < 1.29 is 4.79 Å². The van der Waals surface area contributed by atoms with Crippen molar-refractivity contribution in [1.29, 1.82) is 0 Å². The Bertz CT molecular complexity index is 490. The molecule has 0 aliphatic heterocycles. The van der Waals surface area contributed by atoms with Crippen molar-refractivity contribution in [3.05, 3.63) is 34.9 Å². The van der Waals surface area contributed by atoms with E-state index in [-0.39, 0.29) is 5.82 Å². The highest BCUT2D eigenvalue weighted by Crippen LogP contribution is 2.24. The Labute approximate surface area is 91.1 Å². The molecule has 15 heavy (non-hydrogen) atoms. The van der Waals surface area contributed by atoms with Crippen molar-refractivity contribution in [2.24, 2.45) is 0 Å². The molecular formula is C10H8ClN3O. The van der Waals surface area contributed by atoms with Crippen LogP contribution in [0.3, 0.4) is 0 Å². The molecule has 0 amide bonds. The first-order chi connectivity index (χ1) is 7.22. The lowest BCUT2D eigenvalue weighted by Crippen LogP contribution is -1.90. The van der Waals surface area contributed by atoms with Gasteiger partial charge < -0.3 is 5.73 Å². The lowest BCUT2D eigenvalue weighted by atomic mass is 10.1. The van der Waals surface area contributed by atoms with Gasteiger partial charge in [-0.05, 0) is 12.1 Å². The van der Waals surface area contributed by atoms with E-state index in [1.807, 2.05) is 0 Å². The smallest absolute Gasteiger partial charge is 0.156 e. The van der Waals surface area contributed by atoms with Crippen molar-refractivity contribution >= 4 is 23.7 Å². The minimum absolute atomic E-state index is 0.204. The van der Waals surface area contributed by atoms with Gasteiger partial charge in [0.1, 0.15) is 0 Å². The van der Waals surface area contributed by atoms with E-state index < -0.39 is 0 Å². The molecule has 0 spiro atoms. The molecule has 0 saturated carbocycles. The number of benzene rings is 1. The third-order valence-electron chi connectivity index (χ3n) is 2.08. The average molecular weight is 222 g/mol. The Kier molecular flexibility index (Phi) is 2.43. The van der Waals surface area contributed by atoms with Gasteiger partial charge in [0.2, 0.25) is 0 Å². The summed E-state index contributed by atoms with van der Waals surface area (Å²) >= 11 is 5.76. The SMILES string of the molecule is Nc1n[nH]c(-c2ccc(Cl)cc2)c1C=O. The summed E-state index contributed by atoms with van der Waals surface area (Å²) < 4.78 is 0. The van der Waals surface area contributed by atoms with Gasteiger partial charge in [0.05, 0.1) is 11.3 Å². The zero-order chi connectivity index (χ0) is 10.8. The third kappa shape index (κ3) is 1.71. The van der Waals surface area contributed by atoms with E-state index in [0.717, 1.165) is 5.56 Å². The summed E-state index contributed by atoms with van der Waals surface area (Å²) in [4.78, 5) is 10.8. The highest BCUT2D eigenvalue weighted by atomic mass is 35.5. The molecule has 4 nitrogen and oxygen atoms in total. The van der Waals surface area contributed by atoms with E-state index in [1.54, 1.807) is 24.3 Å². The number of rotatable bonds is 2. The number of carbonyl (C=O) groups excluding carboxylic acids is 1. The van der Waals surface area contributed by atoms with Crippen LogP contribution in [-0.2, 0) is 0 Å². The fourth-order valence-corrected chi connectivity index (χ4v) is 1.45. The lowest BCUT2D eigenvalue weighted by molar-refractivity contribution is 0.112. The fraction of sp³-hybridized carbons (Fsp3) is 0. The van der Waals surface area contributed by atoms with Crippen LogP contribution < -0.4 is 5.73 Å². The molecule has 0 atom stereocenters. The van der Waals surface area contributed by atoms with Crippen LogP contribution in [0, 0.1) is 0 Å². The van der Waals surface area contributed by atoms with Gasteiger partial charge in [-0.3, -0.25) is 9.89 Å². The Hall–Kier alpha value is -1.81. The van der Waals surface area contributed by atoms with Crippen LogP contribution in [0.15, 0.2) is 24.3 Å². The molecule has 0 radical (unpaired) electrons. The number of nitrogen functional groups attached to an aromatic ring is 1. The number of nitrogens with zero attached hydrogens (tertiary/aromatic N) is 1. The number of aromatic amines is 1. The number of nitrogens with two attached hydrogens (primary N) is 1. The Morgan fingerprint density at radius 2 is 2.00 bits per heavy atom. The second kappa shape index (κ2) is 3.74. The van der Waals surface area contributed by atoms with E-state index in [2.05, 4.69) is 10.2 Å². The predicted octanol–water partition coefficient (Wildman–Crippen LogP) is 2.12. The minimum atomic E-state index is 0.204. The Morgan fingerprint density at radius 3 is 2.60 bits per heavy atom. The molecule has 5 heteroatoms. The quantitative estimate of drug-likeness (QED) is 0.763. The average Bonchev–Trinajstić information content (AvgIpc) is 2.61. The van der Waals surface area contributed by atoms with E-state index in [4.69, 9.17) is 17.3 Å². The largest absolute Gasteiger partial charge is 0.382 e. The third-order valence-corrected chi connectivity index (χ3v) is 2.34. The van der Waals surface area contributed by atoms with E-state index in [9.17, 15) is 4.79 Å². The summed E-state index contributed by atoms with van der Waals surface area (Å²) in [6.45, 7) is 0. The first-order valence-electron chi connectivity index (χ1n) is 4.27. The molecule has 0 aliphatic rings. The van der Waals surface area contributed by atoms with Crippen molar-refractivity contribution in [2.75, 3.05) is 5.73 Å². The first-order valence-corrected chi connectivity index (χ1v) is 4.65. The molecule has 1 aromatic heterocycles. The molecule has 3 N–H and O–H groups in total. The number of anilines is 1. The van der Waals surface area contributed by atoms with Crippen molar-refractivity contribution in [1.82, 2.24) is 10.2 Å². The highest BCUT2D eigenvalue weighted by Gasteiger charge is 2.11. The minimum Gasteiger partial charge on any atom is -0.382 e. The van der Waals surface area contributed by atoms with Crippen LogP contribution in [0.25, 0.3) is 11.3 Å². The normalized spacial score (nSPS) is 10.2. The number of halogens is 1. The fourth-order valence-electron chi connectivity index (χ4n) is 1.32. The number of aldehydes is 1. The molecule has 0 saturated heterocycles. The number of aromatic nitrogens is 2. The van der Waals surface area contributed by atoms with Gasteiger partial charge in [0, 0.05) is 10.6 Å². The molecule has 76 valence electrons. The maximum absolute atomic E-state index is 10.8. The second-order valence-electron chi connectivity index (χ2n) is 3.02. The van der Waals surface area contributed by atoms with Crippen LogP contribution >= 0.6 is 11.6 Å². The number of hydrogen-bond acceptors (Lipinski definition) is 3. The standard InChI is InChI=1S/C10H8ClN3O/c11-7-3-1-6(2-4-7)9-8(5-15)10(12)14-13-9/h1-5H,(H3,12,13,14). The molecule has 0 unspecified atom stereocenters. The van der Waals surface area contributed by atoms with Crippen molar-refractivity contribution in [2.45, 2.75) is 0 Å². The highest BCUT2D eigenvalue weighted by molar-refractivity contribution is 6.30. The lowest BCUT2D eigenvalue weighted by Gasteiger charge is -1.98. The summed E-state index contributed by atoms with van der Waals surface area (Å²) in [6.07, 6.45) is 0.683. The van der Waals surface area contributed by atoms with Crippen molar-refractivity contribution in [3.8, 4) is 11.3 Å².